The van der Waals surface area contributed by atoms with Crippen LogP contribution in [0.25, 0.3) is 11.4 Å². The van der Waals surface area contributed by atoms with E-state index in [1.54, 1.807) is 26.5 Å². The van der Waals surface area contributed by atoms with Gasteiger partial charge in [0.05, 0.1) is 18.9 Å². The van der Waals surface area contributed by atoms with Crippen LogP contribution >= 0.6 is 0 Å². The van der Waals surface area contributed by atoms with Crippen molar-refractivity contribution in [2.75, 3.05) is 27.4 Å². The number of aliphatic hydroxyl groups excluding tert-OH is 1. The first-order valence-corrected chi connectivity index (χ1v) is 6.94. The molecule has 2 rings (SSSR count). The average molecular weight is 304 g/mol. The van der Waals surface area contributed by atoms with E-state index >= 15 is 0 Å². The lowest BCUT2D eigenvalue weighted by Gasteiger charge is -2.15. The van der Waals surface area contributed by atoms with Crippen LogP contribution in [0.1, 0.15) is 5.69 Å². The van der Waals surface area contributed by atoms with Crippen molar-refractivity contribution in [1.82, 2.24) is 9.97 Å². The summed E-state index contributed by atoms with van der Waals surface area (Å²) in [4.78, 5) is 8.46. The van der Waals surface area contributed by atoms with Crippen LogP contribution in [0.5, 0.6) is 5.75 Å². The van der Waals surface area contributed by atoms with E-state index in [9.17, 15) is 0 Å². The Kier molecular flexibility index (Phi) is 6.27. The van der Waals surface area contributed by atoms with Crippen molar-refractivity contribution in [3.8, 4) is 17.1 Å². The molecule has 1 unspecified atom stereocenters. The van der Waals surface area contributed by atoms with E-state index in [1.807, 2.05) is 24.3 Å². The van der Waals surface area contributed by atoms with Gasteiger partial charge >= 0.3 is 0 Å². The van der Waals surface area contributed by atoms with Crippen LogP contribution in [-0.4, -0.2) is 48.6 Å². The first-order valence-electron chi connectivity index (χ1n) is 6.94. The van der Waals surface area contributed by atoms with Crippen molar-refractivity contribution in [3.05, 3.63) is 42.2 Å². The van der Waals surface area contributed by atoms with E-state index < -0.39 is 0 Å². The fourth-order valence-electron chi connectivity index (χ4n) is 1.88. The summed E-state index contributed by atoms with van der Waals surface area (Å²) in [6.45, 7) is 0.797. The number of aromatic nitrogens is 2. The molecule has 6 heteroatoms. The number of benzene rings is 1. The molecule has 0 amide bonds. The number of ether oxygens (including phenoxy) is 3. The van der Waals surface area contributed by atoms with Crippen LogP contribution in [0, 0.1) is 0 Å². The predicted molar refractivity (Wildman–Crippen MR) is 81.6 cm³/mol. The van der Waals surface area contributed by atoms with Gasteiger partial charge in [0.25, 0.3) is 0 Å². The summed E-state index contributed by atoms with van der Waals surface area (Å²) in [5.41, 5.74) is 1.45. The Hall–Kier alpha value is -2.02. The fourth-order valence-corrected chi connectivity index (χ4v) is 1.88. The second-order valence-corrected chi connectivity index (χ2v) is 4.68. The van der Waals surface area contributed by atoms with Gasteiger partial charge in [0, 0.05) is 26.0 Å². The van der Waals surface area contributed by atoms with E-state index in [0.717, 1.165) is 11.3 Å². The van der Waals surface area contributed by atoms with Crippen LogP contribution < -0.4 is 4.74 Å². The Balaban J connectivity index is 2.00. The lowest BCUT2D eigenvalue weighted by molar-refractivity contribution is 0.000879. The molecule has 0 aliphatic heterocycles. The van der Waals surface area contributed by atoms with E-state index in [2.05, 4.69) is 9.97 Å². The molecule has 0 bridgehead atoms. The molecule has 118 valence electrons. The van der Waals surface area contributed by atoms with Crippen molar-refractivity contribution in [2.24, 2.45) is 0 Å². The van der Waals surface area contributed by atoms with Gasteiger partial charge in [-0.25, -0.2) is 9.97 Å². The summed E-state index contributed by atoms with van der Waals surface area (Å²) in [6, 6.07) is 9.14. The Morgan fingerprint density at radius 3 is 2.50 bits per heavy atom. The molecule has 0 radical (unpaired) electrons. The molecule has 0 saturated carbocycles. The second kappa shape index (κ2) is 8.43. The molecule has 1 atom stereocenters. The molecule has 1 aromatic heterocycles. The van der Waals surface area contributed by atoms with E-state index in [4.69, 9.17) is 19.3 Å². The second-order valence-electron chi connectivity index (χ2n) is 4.68. The van der Waals surface area contributed by atoms with Gasteiger partial charge in [-0.2, -0.15) is 0 Å². The SMILES string of the molecule is COCC(COc1ccc(-c2nccc(CO)n2)cc1)OC. The molecule has 1 heterocycles. The quantitative estimate of drug-likeness (QED) is 0.800. The smallest absolute Gasteiger partial charge is 0.159 e. The van der Waals surface area contributed by atoms with Crippen LogP contribution in [0.2, 0.25) is 0 Å². The maximum Gasteiger partial charge on any atom is 0.159 e. The molecule has 22 heavy (non-hydrogen) atoms. The molecule has 0 spiro atoms. The largest absolute Gasteiger partial charge is 0.491 e. The third-order valence-corrected chi connectivity index (χ3v) is 3.11. The minimum atomic E-state index is -0.103. The van der Waals surface area contributed by atoms with Crippen molar-refractivity contribution in [3.63, 3.8) is 0 Å². The fraction of sp³-hybridized carbons (Fsp3) is 0.375. The van der Waals surface area contributed by atoms with Gasteiger partial charge < -0.3 is 19.3 Å². The first-order chi connectivity index (χ1) is 10.8. The predicted octanol–water partition coefficient (Wildman–Crippen LogP) is 1.68. The van der Waals surface area contributed by atoms with Gasteiger partial charge in [0.1, 0.15) is 18.5 Å². The maximum absolute atomic E-state index is 9.11. The van der Waals surface area contributed by atoms with Crippen molar-refractivity contribution < 1.29 is 19.3 Å². The summed E-state index contributed by atoms with van der Waals surface area (Å²) in [6.07, 6.45) is 1.53. The number of hydrogen-bond acceptors (Lipinski definition) is 6. The normalized spacial score (nSPS) is 12.1. The highest BCUT2D eigenvalue weighted by Crippen LogP contribution is 2.19. The van der Waals surface area contributed by atoms with Gasteiger partial charge in [-0.3, -0.25) is 0 Å². The molecular formula is C16H20N2O4. The van der Waals surface area contributed by atoms with Gasteiger partial charge in [0.15, 0.2) is 5.82 Å². The minimum Gasteiger partial charge on any atom is -0.491 e. The lowest BCUT2D eigenvalue weighted by atomic mass is 10.2. The molecule has 2 aromatic rings. The molecule has 0 fully saturated rings. The minimum absolute atomic E-state index is 0.103. The Bertz CT molecular complexity index is 575. The van der Waals surface area contributed by atoms with Crippen LogP contribution in [0.4, 0.5) is 0 Å². The monoisotopic (exact) mass is 304 g/mol. The third kappa shape index (κ3) is 4.49. The number of rotatable bonds is 8. The van der Waals surface area contributed by atoms with Crippen LogP contribution in [-0.2, 0) is 16.1 Å². The Labute approximate surface area is 129 Å². The number of hydrogen-bond donors (Lipinski definition) is 1. The Morgan fingerprint density at radius 1 is 1.09 bits per heavy atom. The first kappa shape index (κ1) is 16.4. The maximum atomic E-state index is 9.11. The zero-order valence-corrected chi connectivity index (χ0v) is 12.7. The summed E-state index contributed by atoms with van der Waals surface area (Å²) in [5.74, 6) is 1.31. The van der Waals surface area contributed by atoms with E-state index in [1.165, 1.54) is 0 Å². The molecule has 1 aromatic carbocycles. The van der Waals surface area contributed by atoms with Gasteiger partial charge in [-0.15, -0.1) is 0 Å². The summed E-state index contributed by atoms with van der Waals surface area (Å²) >= 11 is 0. The zero-order chi connectivity index (χ0) is 15.8. The number of aliphatic hydroxyl groups is 1. The molecule has 6 nitrogen and oxygen atoms in total. The van der Waals surface area contributed by atoms with Gasteiger partial charge in [0.2, 0.25) is 0 Å². The van der Waals surface area contributed by atoms with Gasteiger partial charge in [-0.1, -0.05) is 0 Å². The van der Waals surface area contributed by atoms with Crippen LogP contribution in [0.15, 0.2) is 36.5 Å². The van der Waals surface area contributed by atoms with Crippen molar-refractivity contribution in [1.29, 1.82) is 0 Å². The molecule has 0 saturated heterocycles. The van der Waals surface area contributed by atoms with Gasteiger partial charge in [-0.05, 0) is 30.3 Å². The van der Waals surface area contributed by atoms with Crippen LogP contribution in [0.3, 0.4) is 0 Å². The highest BCUT2D eigenvalue weighted by molar-refractivity contribution is 5.56. The summed E-state index contributed by atoms with van der Waals surface area (Å²) in [5, 5.41) is 9.11. The third-order valence-electron chi connectivity index (χ3n) is 3.11. The standard InChI is InChI=1S/C16H20N2O4/c1-20-10-15(21-2)11-22-14-5-3-12(4-6-14)16-17-8-7-13(9-19)18-16/h3-8,15,19H,9-11H2,1-2H3. The Morgan fingerprint density at radius 2 is 1.86 bits per heavy atom. The highest BCUT2D eigenvalue weighted by atomic mass is 16.5. The molecule has 1 N–H and O–H groups in total. The molecule has 0 aliphatic carbocycles. The molecular weight excluding hydrogens is 284 g/mol. The number of methoxy groups -OCH3 is 2. The average Bonchev–Trinajstić information content (AvgIpc) is 2.59. The molecule has 0 aliphatic rings. The highest BCUT2D eigenvalue weighted by Gasteiger charge is 2.08. The zero-order valence-electron chi connectivity index (χ0n) is 12.7. The van der Waals surface area contributed by atoms with E-state index in [-0.39, 0.29) is 12.7 Å². The van der Waals surface area contributed by atoms with E-state index in [0.29, 0.717) is 24.7 Å². The summed E-state index contributed by atoms with van der Waals surface area (Å²) in [7, 11) is 3.25. The van der Waals surface area contributed by atoms with Crippen molar-refractivity contribution >= 4 is 0 Å². The summed E-state index contributed by atoms with van der Waals surface area (Å²) < 4.78 is 15.9. The van der Waals surface area contributed by atoms with Crippen molar-refractivity contribution in [2.45, 2.75) is 12.7 Å². The number of nitrogens with zero attached hydrogens (tertiary/aromatic N) is 2. The lowest BCUT2D eigenvalue weighted by Crippen LogP contribution is -2.25. The topological polar surface area (TPSA) is 73.7 Å².